The third kappa shape index (κ3) is 3.49. The van der Waals surface area contributed by atoms with E-state index in [1.165, 1.54) is 0 Å². The molecule has 0 aromatic heterocycles. The zero-order valence-electron chi connectivity index (χ0n) is 10.8. The Kier molecular flexibility index (Phi) is 5.36. The first kappa shape index (κ1) is 16.1. The molecule has 1 fully saturated rings. The van der Waals surface area contributed by atoms with Crippen molar-refractivity contribution in [3.05, 3.63) is 33.3 Å². The summed E-state index contributed by atoms with van der Waals surface area (Å²) in [5, 5.41) is 12.7. The molecule has 0 spiro atoms. The van der Waals surface area contributed by atoms with E-state index in [9.17, 15) is 8.78 Å². The molecule has 0 amide bonds. The maximum absolute atomic E-state index is 14.2. The minimum Gasteiger partial charge on any atom is -0.390 e. The second-order valence-electron chi connectivity index (χ2n) is 4.77. The Morgan fingerprint density at radius 3 is 2.60 bits per heavy atom. The molecule has 0 radical (unpaired) electrons. The summed E-state index contributed by atoms with van der Waals surface area (Å²) >= 11 is 9.16. The van der Waals surface area contributed by atoms with Gasteiger partial charge in [-0.3, -0.25) is 4.90 Å². The Labute approximate surface area is 130 Å². The quantitative estimate of drug-likeness (QED) is 0.856. The van der Waals surface area contributed by atoms with Crippen molar-refractivity contribution >= 4 is 27.5 Å². The summed E-state index contributed by atoms with van der Waals surface area (Å²) in [5.74, 6) is -3.21. The summed E-state index contributed by atoms with van der Waals surface area (Å²) in [6.07, 6.45) is 0. The molecule has 3 nitrogen and oxygen atoms in total. The fourth-order valence-corrected chi connectivity index (χ4v) is 3.34. The Hall–Kier alpha value is -0.270. The number of piperazine rings is 1. The van der Waals surface area contributed by atoms with E-state index in [0.717, 1.165) is 0 Å². The van der Waals surface area contributed by atoms with E-state index in [4.69, 9.17) is 16.7 Å². The van der Waals surface area contributed by atoms with Crippen LogP contribution in [0.15, 0.2) is 22.7 Å². The number of hydrogen-bond donors (Lipinski definition) is 2. The first-order chi connectivity index (χ1) is 9.45. The lowest BCUT2D eigenvalue weighted by Crippen LogP contribution is -2.51. The van der Waals surface area contributed by atoms with E-state index in [1.807, 2.05) is 0 Å². The van der Waals surface area contributed by atoms with Crippen LogP contribution in [-0.2, 0) is 0 Å². The maximum Gasteiger partial charge on any atom is 0.289 e. The van der Waals surface area contributed by atoms with Crippen LogP contribution in [0.3, 0.4) is 0 Å². The molecule has 112 valence electrons. The predicted molar refractivity (Wildman–Crippen MR) is 78.4 cm³/mol. The summed E-state index contributed by atoms with van der Waals surface area (Å²) < 4.78 is 28.9. The molecule has 2 rings (SSSR count). The van der Waals surface area contributed by atoms with Crippen LogP contribution in [0.25, 0.3) is 0 Å². The predicted octanol–water partition coefficient (Wildman–Crippen LogP) is 2.68. The Bertz CT molecular complexity index is 470. The van der Waals surface area contributed by atoms with Crippen molar-refractivity contribution < 1.29 is 13.9 Å². The molecule has 1 atom stereocenters. The first-order valence-corrected chi connectivity index (χ1v) is 7.51. The molecule has 0 saturated carbocycles. The van der Waals surface area contributed by atoms with E-state index in [0.29, 0.717) is 41.2 Å². The van der Waals surface area contributed by atoms with Gasteiger partial charge >= 0.3 is 0 Å². The van der Waals surface area contributed by atoms with Crippen LogP contribution in [-0.4, -0.2) is 48.7 Å². The van der Waals surface area contributed by atoms with Gasteiger partial charge in [-0.25, -0.2) is 8.78 Å². The lowest BCUT2D eigenvalue weighted by Gasteiger charge is -2.39. The molecule has 1 aromatic carbocycles. The number of hydrogen-bond acceptors (Lipinski definition) is 3. The van der Waals surface area contributed by atoms with Crippen molar-refractivity contribution in [1.82, 2.24) is 10.2 Å². The number of aliphatic hydroxyl groups is 1. The van der Waals surface area contributed by atoms with Crippen LogP contribution in [0.4, 0.5) is 8.78 Å². The van der Waals surface area contributed by atoms with Gasteiger partial charge in [-0.05, 0) is 17.7 Å². The molecule has 0 unspecified atom stereocenters. The van der Waals surface area contributed by atoms with Crippen LogP contribution in [0.1, 0.15) is 11.6 Å². The summed E-state index contributed by atoms with van der Waals surface area (Å²) in [6, 6.07) is 3.60. The molecule has 0 bridgehead atoms. The second-order valence-corrected chi connectivity index (χ2v) is 6.06. The summed E-state index contributed by atoms with van der Waals surface area (Å²) in [7, 11) is 0. The minimum absolute atomic E-state index is 0.440. The zero-order chi connectivity index (χ0) is 14.8. The Morgan fingerprint density at radius 1 is 1.40 bits per heavy atom. The molecule has 20 heavy (non-hydrogen) atoms. The van der Waals surface area contributed by atoms with Gasteiger partial charge in [0.05, 0.1) is 0 Å². The molecular formula is C13H16BrClF2N2O. The smallest absolute Gasteiger partial charge is 0.289 e. The van der Waals surface area contributed by atoms with Gasteiger partial charge in [-0.1, -0.05) is 33.6 Å². The van der Waals surface area contributed by atoms with Crippen molar-refractivity contribution in [1.29, 1.82) is 0 Å². The van der Waals surface area contributed by atoms with Crippen molar-refractivity contribution in [3.63, 3.8) is 0 Å². The number of alkyl halides is 2. The fraction of sp³-hybridized carbons (Fsp3) is 0.538. The van der Waals surface area contributed by atoms with Gasteiger partial charge in [0.15, 0.2) is 0 Å². The van der Waals surface area contributed by atoms with Crippen LogP contribution < -0.4 is 5.32 Å². The molecule has 1 aliphatic rings. The van der Waals surface area contributed by atoms with Gasteiger partial charge in [0, 0.05) is 35.7 Å². The van der Waals surface area contributed by atoms with Crippen LogP contribution in [0.5, 0.6) is 0 Å². The third-order valence-electron chi connectivity index (χ3n) is 3.38. The van der Waals surface area contributed by atoms with E-state index < -0.39 is 18.6 Å². The Balaban J connectivity index is 2.39. The SMILES string of the molecule is OCC(F)(F)[C@H](c1ccc(Cl)cc1Br)N1CCNCC1. The molecule has 0 aliphatic carbocycles. The fourth-order valence-electron chi connectivity index (χ4n) is 2.44. The van der Waals surface area contributed by atoms with Crippen molar-refractivity contribution in [2.45, 2.75) is 12.0 Å². The minimum atomic E-state index is -3.21. The van der Waals surface area contributed by atoms with Gasteiger partial charge in [0.2, 0.25) is 0 Å². The monoisotopic (exact) mass is 368 g/mol. The molecule has 1 aliphatic heterocycles. The number of nitrogens with one attached hydrogen (secondary N) is 1. The molecule has 1 heterocycles. The summed E-state index contributed by atoms with van der Waals surface area (Å²) in [4.78, 5) is 1.70. The highest BCUT2D eigenvalue weighted by molar-refractivity contribution is 9.10. The number of benzene rings is 1. The lowest BCUT2D eigenvalue weighted by atomic mass is 9.98. The van der Waals surface area contributed by atoms with E-state index >= 15 is 0 Å². The summed E-state index contributed by atoms with van der Waals surface area (Å²) in [5.41, 5.74) is 0.440. The molecular weight excluding hydrogens is 354 g/mol. The highest BCUT2D eigenvalue weighted by atomic mass is 79.9. The number of nitrogens with zero attached hydrogens (tertiary/aromatic N) is 1. The highest BCUT2D eigenvalue weighted by Gasteiger charge is 2.44. The van der Waals surface area contributed by atoms with E-state index in [1.54, 1.807) is 23.1 Å². The maximum atomic E-state index is 14.2. The number of aliphatic hydroxyl groups excluding tert-OH is 1. The van der Waals surface area contributed by atoms with Crippen LogP contribution >= 0.6 is 27.5 Å². The lowest BCUT2D eigenvalue weighted by molar-refractivity contribution is -0.118. The average molecular weight is 370 g/mol. The van der Waals surface area contributed by atoms with Gasteiger partial charge in [0.25, 0.3) is 5.92 Å². The molecule has 1 saturated heterocycles. The second kappa shape index (κ2) is 6.66. The third-order valence-corrected chi connectivity index (χ3v) is 4.31. The van der Waals surface area contributed by atoms with Crippen molar-refractivity contribution in [2.75, 3.05) is 32.8 Å². The van der Waals surface area contributed by atoms with Gasteiger partial charge < -0.3 is 10.4 Å². The highest BCUT2D eigenvalue weighted by Crippen LogP contribution is 2.40. The van der Waals surface area contributed by atoms with Crippen LogP contribution in [0.2, 0.25) is 5.02 Å². The van der Waals surface area contributed by atoms with E-state index in [-0.39, 0.29) is 0 Å². The van der Waals surface area contributed by atoms with Gasteiger partial charge in [0.1, 0.15) is 12.6 Å². The largest absolute Gasteiger partial charge is 0.390 e. The number of rotatable bonds is 4. The van der Waals surface area contributed by atoms with Gasteiger partial charge in [-0.2, -0.15) is 0 Å². The first-order valence-electron chi connectivity index (χ1n) is 6.34. The normalized spacial score (nSPS) is 19.1. The topological polar surface area (TPSA) is 35.5 Å². The van der Waals surface area contributed by atoms with Crippen molar-refractivity contribution in [2.24, 2.45) is 0 Å². The zero-order valence-corrected chi connectivity index (χ0v) is 13.1. The molecule has 7 heteroatoms. The summed E-state index contributed by atoms with van der Waals surface area (Å²) in [6.45, 7) is 1.15. The van der Waals surface area contributed by atoms with Gasteiger partial charge in [-0.15, -0.1) is 0 Å². The number of halogens is 4. The standard InChI is InChI=1S/C13H16BrClF2N2O/c14-11-7-9(15)1-2-10(11)12(13(16,17)8-20)19-5-3-18-4-6-19/h1-2,7,12,18,20H,3-6,8H2/t12-/m0/s1. The Morgan fingerprint density at radius 2 is 2.05 bits per heavy atom. The average Bonchev–Trinajstić information content (AvgIpc) is 2.43. The molecule has 1 aromatic rings. The van der Waals surface area contributed by atoms with Crippen LogP contribution in [0, 0.1) is 0 Å². The molecule has 2 N–H and O–H groups in total. The van der Waals surface area contributed by atoms with Crippen molar-refractivity contribution in [3.8, 4) is 0 Å². The van der Waals surface area contributed by atoms with E-state index in [2.05, 4.69) is 21.2 Å².